The quantitative estimate of drug-likeness (QED) is 0.0204. The average Bonchev–Trinajstić information content (AvgIpc) is 1.56. The van der Waals surface area contributed by atoms with E-state index in [0.29, 0.717) is 88.6 Å². The molecule has 9 aromatic rings. The van der Waals surface area contributed by atoms with Crippen LogP contribution >= 0.6 is 46.4 Å². The molecule has 3 fully saturated rings. The Morgan fingerprint density at radius 3 is 1.23 bits per heavy atom. The number of aromatic nitrogens is 3. The zero-order chi connectivity index (χ0) is 102. The zero-order valence-electron chi connectivity index (χ0n) is 80.0. The first-order valence-corrected chi connectivity index (χ1v) is 46.4. The first kappa shape index (κ1) is 124. The molecule has 8 aromatic carbocycles. The number of hydrogen-bond donors (Lipinski definition) is 0. The summed E-state index contributed by atoms with van der Waals surface area (Å²) in [6.07, 6.45) is 12.9. The minimum absolute atomic E-state index is 0.0255. The van der Waals surface area contributed by atoms with Crippen LogP contribution in [0.3, 0.4) is 0 Å². The predicted molar refractivity (Wildman–Crippen MR) is 521 cm³/mol. The molecule has 3 aliphatic rings. The van der Waals surface area contributed by atoms with E-state index in [1.807, 2.05) is 97.5 Å². The highest BCUT2D eigenvalue weighted by Gasteiger charge is 2.28. The van der Waals surface area contributed by atoms with Crippen LogP contribution in [-0.4, -0.2) is 118 Å². The molecular formula is C97H128Cl4F4N10O17S. The number of halogens is 8. The number of hydrogen-bond acceptors (Lipinski definition) is 19. The molecule has 12 rings (SSSR count). The van der Waals surface area contributed by atoms with E-state index in [1.165, 1.54) is 87.2 Å². The van der Waals surface area contributed by atoms with Crippen molar-refractivity contribution in [2.75, 3.05) is 26.2 Å². The molecule has 3 aliphatic heterocycles. The van der Waals surface area contributed by atoms with Crippen LogP contribution in [0.5, 0.6) is 0 Å². The van der Waals surface area contributed by atoms with Crippen molar-refractivity contribution in [3.8, 4) is 0 Å². The second-order valence-electron chi connectivity index (χ2n) is 29.6. The molecule has 133 heavy (non-hydrogen) atoms. The number of fused-ring (bicyclic) bond motifs is 1. The molecule has 0 saturated carbocycles. The van der Waals surface area contributed by atoms with Crippen molar-refractivity contribution in [3.05, 3.63) is 294 Å². The third-order valence-electron chi connectivity index (χ3n) is 20.1. The fourth-order valence-corrected chi connectivity index (χ4v) is 12.9. The van der Waals surface area contributed by atoms with Crippen LogP contribution in [0.1, 0.15) is 235 Å². The van der Waals surface area contributed by atoms with Gasteiger partial charge in [0.2, 0.25) is 29.5 Å². The van der Waals surface area contributed by atoms with E-state index in [4.69, 9.17) is 59.0 Å². The van der Waals surface area contributed by atoms with E-state index in [-0.39, 0.29) is 89.2 Å². The summed E-state index contributed by atoms with van der Waals surface area (Å²) >= 11 is 23.7. The molecule has 4 heterocycles. The van der Waals surface area contributed by atoms with Gasteiger partial charge in [0.1, 0.15) is 5.52 Å². The van der Waals surface area contributed by atoms with Crippen molar-refractivity contribution in [2.24, 2.45) is 5.92 Å². The lowest BCUT2D eigenvalue weighted by Crippen LogP contribution is -2.28. The maximum absolute atomic E-state index is 12.9. The molecule has 0 atom stereocenters. The normalized spacial score (nSPS) is 11.7. The Labute approximate surface area is 800 Å². The number of likely N-dealkylation sites (tertiary alicyclic amines) is 3. The largest absolute Gasteiger partial charge is 0.425 e. The third kappa shape index (κ3) is 44.8. The van der Waals surface area contributed by atoms with Gasteiger partial charge in [0.25, 0.3) is 28.3 Å². The summed E-state index contributed by atoms with van der Waals surface area (Å²) < 4.78 is 77.7. The van der Waals surface area contributed by atoms with E-state index in [2.05, 4.69) is 83.9 Å². The Bertz CT molecular complexity index is 5230. The molecule has 0 bridgehead atoms. The van der Waals surface area contributed by atoms with Gasteiger partial charge in [-0.15, -0.1) is 17.7 Å². The Morgan fingerprint density at radius 1 is 0.414 bits per heavy atom. The lowest BCUT2D eigenvalue weighted by atomic mass is 10.0. The van der Waals surface area contributed by atoms with Gasteiger partial charge in [0, 0.05) is 113 Å². The van der Waals surface area contributed by atoms with E-state index in [0.717, 1.165) is 97.3 Å². The summed E-state index contributed by atoms with van der Waals surface area (Å²) in [5.41, 5.74) is 12.2. The average molecular weight is 1960 g/mol. The number of nitro groups is 4. The van der Waals surface area contributed by atoms with Gasteiger partial charge in [0.15, 0.2) is 23.3 Å². The molecular weight excluding hydrogens is 1830 g/mol. The highest BCUT2D eigenvalue weighted by atomic mass is 35.5. The number of nitro benzene ring substituents is 4. The van der Waals surface area contributed by atoms with Crippen LogP contribution in [0.15, 0.2) is 138 Å². The number of rotatable bonds is 17. The molecule has 36 heteroatoms. The first-order valence-electron chi connectivity index (χ1n) is 43.9. The topological polar surface area (TPSA) is 367 Å². The highest BCUT2D eigenvalue weighted by Crippen LogP contribution is 2.41. The number of amides is 5. The minimum Gasteiger partial charge on any atom is -0.343 e. The molecule has 3 saturated heterocycles. The van der Waals surface area contributed by atoms with E-state index in [1.54, 1.807) is 81.4 Å². The van der Waals surface area contributed by atoms with Crippen LogP contribution in [-0.2, 0) is 86.1 Å². The van der Waals surface area contributed by atoms with Crippen LogP contribution in [0.25, 0.3) is 10.9 Å². The van der Waals surface area contributed by atoms with Gasteiger partial charge in [-0.3, -0.25) is 79.0 Å². The van der Waals surface area contributed by atoms with Gasteiger partial charge in [-0.1, -0.05) is 238 Å². The van der Waals surface area contributed by atoms with Crippen molar-refractivity contribution in [2.45, 2.75) is 255 Å². The van der Waals surface area contributed by atoms with Gasteiger partial charge in [-0.05, 0) is 187 Å². The molecule has 0 spiro atoms. The zero-order valence-corrected chi connectivity index (χ0v) is 83.8. The maximum atomic E-state index is 12.9. The summed E-state index contributed by atoms with van der Waals surface area (Å²) in [5.74, 6) is -4.97. The second-order valence-corrected chi connectivity index (χ2v) is 31.5. The second kappa shape index (κ2) is 67.8. The summed E-state index contributed by atoms with van der Waals surface area (Å²) in [7, 11) is -3.11. The lowest BCUT2D eigenvalue weighted by molar-refractivity contribution is -0.385. The van der Waals surface area contributed by atoms with Crippen LogP contribution in [0.2, 0.25) is 20.1 Å². The van der Waals surface area contributed by atoms with Crippen molar-refractivity contribution < 1.29 is 73.9 Å². The fourth-order valence-electron chi connectivity index (χ4n) is 11.8. The number of aryl methyl sites for hydroxylation is 9. The summed E-state index contributed by atoms with van der Waals surface area (Å²) in [5, 5.41) is 51.2. The summed E-state index contributed by atoms with van der Waals surface area (Å²) in [6, 6.07) is 38.9. The Hall–Kier alpha value is -11.3. The first-order chi connectivity index (χ1) is 62.7. The molecule has 0 aliphatic carbocycles. The molecule has 5 amide bonds. The monoisotopic (exact) mass is 1950 g/mol. The number of benzene rings is 8. The van der Waals surface area contributed by atoms with E-state index < -0.39 is 33.9 Å². The number of imide groups is 2. The van der Waals surface area contributed by atoms with Crippen molar-refractivity contribution in [3.63, 3.8) is 0 Å². The number of unbranched alkanes of at least 4 members (excludes halogenated alkanes) is 1. The molecule has 0 unspecified atom stereocenters. The molecule has 0 N–H and O–H groups in total. The highest BCUT2D eigenvalue weighted by molar-refractivity contribution is 7.59. The Balaban J connectivity index is 0. The SMILES string of the molecule is CCC(C)C.CCCC.CCN1C(=O)CCC1=O.CCN1C(=O)CCC1=O.CCN1CCCC1=O.CCc1c(C)c(Cl)c(Cl)c(Cl)c1Cl.CCc1c(C)c(F)c(F)c(F)c1F.CCc1ccc(C)cc1C.CCc1ccc([N+](=O)[O-])cc1.CCc1ccc([N+](=O)[O-])cc1C.CCc1cccc([N+](=O)[O-])c1.CCc1ccccc1[N+](=O)[O-].CCn1nnc2ccccc2c1=O.O=S(=O)=O. The Kier molecular flexibility index (Phi) is 63.1. The molecule has 730 valence electrons. The van der Waals surface area contributed by atoms with Gasteiger partial charge in [-0.2, -0.15) is 0 Å². The van der Waals surface area contributed by atoms with Crippen LogP contribution in [0.4, 0.5) is 40.3 Å². The number of non-ortho nitro benzene ring substituents is 3. The summed E-state index contributed by atoms with van der Waals surface area (Å²) in [6.45, 7) is 44.9. The van der Waals surface area contributed by atoms with Crippen molar-refractivity contribution in [1.82, 2.24) is 29.7 Å². The minimum atomic E-state index is -3.11. The van der Waals surface area contributed by atoms with Crippen LogP contribution in [0, 0.1) is 104 Å². The molecule has 27 nitrogen and oxygen atoms in total. The predicted octanol–water partition coefficient (Wildman–Crippen LogP) is 24.7. The molecule has 0 radical (unpaired) electrons. The number of para-hydroxylation sites is 1. The van der Waals surface area contributed by atoms with Gasteiger partial charge >= 0.3 is 10.6 Å². The smallest absolute Gasteiger partial charge is 0.343 e. The van der Waals surface area contributed by atoms with Crippen molar-refractivity contribution in [1.29, 1.82) is 0 Å². The van der Waals surface area contributed by atoms with Gasteiger partial charge in [0.05, 0.1) is 45.2 Å². The Morgan fingerprint density at radius 2 is 0.850 bits per heavy atom. The summed E-state index contributed by atoms with van der Waals surface area (Å²) in [4.78, 5) is 109. The molecule has 1 aromatic heterocycles. The third-order valence-corrected chi connectivity index (χ3v) is 22.1. The van der Waals surface area contributed by atoms with E-state index >= 15 is 0 Å². The lowest BCUT2D eigenvalue weighted by Gasteiger charge is -2.11. The van der Waals surface area contributed by atoms with Crippen molar-refractivity contribution >= 4 is 120 Å². The standard InChI is InChI=1S/C10H14.C9H8Cl4.C9H8F4.C9H9N3O.C9H11NO2.3C8H9NO2.2C6H9NO2.C6H11NO.C5H12.C4H10.O3S/c1-4-10-6-5-8(2)7-9(10)3;2*1-3-5-4(2)6(10)8(12)9(13)7(5)11;1-2-12-9(13)7-5-3-4-6-8(7)10-11-12;1-3-8-4-5-9(10(11)12)6-7(8)2;1-2-7-3-5-8(6-4-7)9(10)11;1-2-7-4-3-5-8(6-7)9(10)11;1-2-7-5-3-4-6-8(7)9(10)11;2*1-2-7-5(8)3-4-6(7)9;1-2-7-5-3-4-6(7)8;1-4-5(2)3;1-3-4-2;1-4(2)3/h5-7H,4H2,1-3H3;2*3H2,1-2H3;3-6H,2H2,1H3;4-6H,3H2,1-2H3;3*3-6H,2H2,1H3;2*2-4H2,1H3;2-5H2,1H3;5H,4H2,1-3H3;3-4H2,1-2H3;. The van der Waals surface area contributed by atoms with Gasteiger partial charge in [-0.25, -0.2) is 22.2 Å². The number of carbonyl (C=O) groups excluding carboxylic acids is 5. The van der Waals surface area contributed by atoms with Gasteiger partial charge < -0.3 is 4.90 Å². The van der Waals surface area contributed by atoms with E-state index in [9.17, 15) is 86.8 Å². The number of nitrogens with zero attached hydrogens (tertiary/aromatic N) is 10. The van der Waals surface area contributed by atoms with Crippen LogP contribution < -0.4 is 5.56 Å². The maximum Gasteiger partial charge on any atom is 0.425 e. The fraction of sp³-hybridized carbons (Fsp3) is 0.443. The number of carbonyl (C=O) groups is 5.